The molecule has 2 aromatic rings. The molecule has 0 bridgehead atoms. The quantitative estimate of drug-likeness (QED) is 0.603. The summed E-state index contributed by atoms with van der Waals surface area (Å²) in [6.45, 7) is 3.68. The summed E-state index contributed by atoms with van der Waals surface area (Å²) >= 11 is 0. The normalized spacial score (nSPS) is 20.8. The Balaban J connectivity index is 1.44. The number of nitrogens with zero attached hydrogens (tertiary/aromatic N) is 3. The molecule has 1 fully saturated rings. The van der Waals surface area contributed by atoms with Crippen molar-refractivity contribution in [2.24, 2.45) is 0 Å². The first-order chi connectivity index (χ1) is 16.0. The van der Waals surface area contributed by atoms with Gasteiger partial charge in [-0.3, -0.25) is 24.2 Å². The van der Waals surface area contributed by atoms with E-state index in [2.05, 4.69) is 4.90 Å². The minimum Gasteiger partial charge on any atom is -0.378 e. The summed E-state index contributed by atoms with van der Waals surface area (Å²) in [6, 6.07) is 12.8. The number of methoxy groups -OCH3 is 1. The van der Waals surface area contributed by atoms with Gasteiger partial charge in [0.2, 0.25) is 5.91 Å². The predicted octanol–water partition coefficient (Wildman–Crippen LogP) is 2.95. The van der Waals surface area contributed by atoms with Gasteiger partial charge in [0.1, 0.15) is 5.82 Å². The van der Waals surface area contributed by atoms with Gasteiger partial charge in [-0.2, -0.15) is 0 Å². The van der Waals surface area contributed by atoms with Crippen LogP contribution >= 0.6 is 0 Å². The summed E-state index contributed by atoms with van der Waals surface area (Å²) < 4.78 is 20.3. The molecule has 0 saturated carbocycles. The van der Waals surface area contributed by atoms with Gasteiger partial charge in [0, 0.05) is 39.7 Å². The van der Waals surface area contributed by atoms with E-state index >= 15 is 0 Å². The Morgan fingerprint density at radius 1 is 1.06 bits per heavy atom. The Morgan fingerprint density at radius 3 is 2.30 bits per heavy atom. The zero-order chi connectivity index (χ0) is 23.5. The fraction of sp³-hybridized carbons (Fsp3) is 0.400. The molecule has 3 amide bonds. The lowest BCUT2D eigenvalue weighted by atomic mass is 9.98. The van der Waals surface area contributed by atoms with Gasteiger partial charge >= 0.3 is 0 Å². The summed E-state index contributed by atoms with van der Waals surface area (Å²) in [5.74, 6) is -1.14. The average molecular weight is 454 g/mol. The summed E-state index contributed by atoms with van der Waals surface area (Å²) in [5, 5.41) is 0. The van der Waals surface area contributed by atoms with Crippen molar-refractivity contribution in [3.05, 3.63) is 65.5 Å². The van der Waals surface area contributed by atoms with Crippen LogP contribution in [-0.2, 0) is 9.53 Å². The molecule has 2 aromatic carbocycles. The third-order valence-electron chi connectivity index (χ3n) is 6.44. The number of hydrogen-bond donors (Lipinski definition) is 0. The van der Waals surface area contributed by atoms with Gasteiger partial charge in [-0.25, -0.2) is 4.39 Å². The van der Waals surface area contributed by atoms with Gasteiger partial charge in [0.25, 0.3) is 11.8 Å². The molecule has 1 saturated heterocycles. The van der Waals surface area contributed by atoms with Crippen molar-refractivity contribution in [3.8, 4) is 0 Å². The Bertz CT molecular complexity index is 1020. The zero-order valence-corrected chi connectivity index (χ0v) is 18.9. The van der Waals surface area contributed by atoms with Crippen LogP contribution in [0.2, 0.25) is 0 Å². The second-order valence-corrected chi connectivity index (χ2v) is 8.31. The summed E-state index contributed by atoms with van der Waals surface area (Å²) in [7, 11) is 1.58. The van der Waals surface area contributed by atoms with Crippen molar-refractivity contribution < 1.29 is 23.5 Å². The minimum absolute atomic E-state index is 0.161. The molecular formula is C25H28FN3O4. The summed E-state index contributed by atoms with van der Waals surface area (Å²) in [4.78, 5) is 43.0. The second kappa shape index (κ2) is 9.80. The number of para-hydroxylation sites is 1. The van der Waals surface area contributed by atoms with E-state index in [0.29, 0.717) is 37.2 Å². The highest BCUT2D eigenvalue weighted by Crippen LogP contribution is 2.29. The molecule has 33 heavy (non-hydrogen) atoms. The molecule has 4 rings (SSSR count). The molecule has 0 aromatic heterocycles. The summed E-state index contributed by atoms with van der Waals surface area (Å²) in [6.07, 6.45) is 0.502. The lowest BCUT2D eigenvalue weighted by Gasteiger charge is -2.43. The molecule has 0 radical (unpaired) electrons. The van der Waals surface area contributed by atoms with Crippen LogP contribution in [0.4, 0.5) is 10.1 Å². The molecule has 2 aliphatic rings. The van der Waals surface area contributed by atoms with Gasteiger partial charge in [-0.1, -0.05) is 31.2 Å². The highest BCUT2D eigenvalue weighted by Gasteiger charge is 2.39. The topological polar surface area (TPSA) is 70.2 Å². The van der Waals surface area contributed by atoms with Crippen molar-refractivity contribution >= 4 is 23.4 Å². The Morgan fingerprint density at radius 2 is 1.70 bits per heavy atom. The van der Waals surface area contributed by atoms with Crippen LogP contribution in [0.3, 0.4) is 0 Å². The van der Waals surface area contributed by atoms with Crippen LogP contribution in [0.25, 0.3) is 0 Å². The van der Waals surface area contributed by atoms with Crippen molar-refractivity contribution in [1.29, 1.82) is 0 Å². The van der Waals surface area contributed by atoms with E-state index in [9.17, 15) is 18.8 Å². The molecule has 174 valence electrons. The Hall–Kier alpha value is -3.10. The lowest BCUT2D eigenvalue weighted by molar-refractivity contribution is -0.120. The van der Waals surface area contributed by atoms with E-state index in [4.69, 9.17) is 4.74 Å². The fourth-order valence-electron chi connectivity index (χ4n) is 4.70. The van der Waals surface area contributed by atoms with Crippen molar-refractivity contribution in [1.82, 2.24) is 9.80 Å². The van der Waals surface area contributed by atoms with Crippen LogP contribution in [-0.4, -0.2) is 73.0 Å². The number of halogens is 1. The third kappa shape index (κ3) is 4.41. The number of piperidine rings is 1. The maximum Gasteiger partial charge on any atom is 0.261 e. The number of hydrogen-bond acceptors (Lipinski definition) is 5. The first-order valence-corrected chi connectivity index (χ1v) is 11.2. The van der Waals surface area contributed by atoms with E-state index in [0.717, 1.165) is 0 Å². The van der Waals surface area contributed by atoms with Crippen LogP contribution in [0.5, 0.6) is 0 Å². The molecule has 7 nitrogen and oxygen atoms in total. The molecule has 2 aliphatic heterocycles. The SMILES string of the molecule is CCC(=O)N(c1ccccc1F)[C@H]1CCN(CCN2C(=O)c3ccccc3C2=O)C[C@H]1OC. The highest BCUT2D eigenvalue weighted by atomic mass is 19.1. The smallest absolute Gasteiger partial charge is 0.261 e. The van der Waals surface area contributed by atoms with Crippen LogP contribution in [0.1, 0.15) is 40.5 Å². The van der Waals surface area contributed by atoms with Crippen molar-refractivity contribution in [2.75, 3.05) is 38.2 Å². The van der Waals surface area contributed by atoms with E-state index in [1.165, 1.54) is 15.9 Å². The second-order valence-electron chi connectivity index (χ2n) is 8.31. The minimum atomic E-state index is -0.442. The van der Waals surface area contributed by atoms with Crippen molar-refractivity contribution in [3.63, 3.8) is 0 Å². The molecule has 0 spiro atoms. The first kappa shape index (κ1) is 23.1. The Labute approximate surface area is 192 Å². The fourth-order valence-corrected chi connectivity index (χ4v) is 4.70. The lowest BCUT2D eigenvalue weighted by Crippen LogP contribution is -2.57. The van der Waals surface area contributed by atoms with Gasteiger partial charge in [0.15, 0.2) is 0 Å². The molecular weight excluding hydrogens is 425 g/mol. The number of carbonyl (C=O) groups is 3. The number of rotatable bonds is 7. The average Bonchev–Trinajstić information content (AvgIpc) is 3.09. The largest absolute Gasteiger partial charge is 0.378 e. The number of carbonyl (C=O) groups excluding carboxylic acids is 3. The van der Waals surface area contributed by atoms with E-state index < -0.39 is 5.82 Å². The van der Waals surface area contributed by atoms with Crippen LogP contribution < -0.4 is 4.90 Å². The highest BCUT2D eigenvalue weighted by molar-refractivity contribution is 6.21. The summed E-state index contributed by atoms with van der Waals surface area (Å²) in [5.41, 5.74) is 1.14. The monoisotopic (exact) mass is 453 g/mol. The van der Waals surface area contributed by atoms with Gasteiger partial charge in [-0.05, 0) is 30.7 Å². The number of anilines is 1. The zero-order valence-electron chi connectivity index (χ0n) is 18.9. The van der Waals surface area contributed by atoms with Crippen LogP contribution in [0, 0.1) is 5.82 Å². The van der Waals surface area contributed by atoms with E-state index in [1.54, 1.807) is 56.5 Å². The van der Waals surface area contributed by atoms with Crippen LogP contribution in [0.15, 0.2) is 48.5 Å². The van der Waals surface area contributed by atoms with Gasteiger partial charge in [-0.15, -0.1) is 0 Å². The van der Waals surface area contributed by atoms with Gasteiger partial charge < -0.3 is 9.64 Å². The molecule has 0 aliphatic carbocycles. The Kier molecular flexibility index (Phi) is 6.85. The maximum atomic E-state index is 14.6. The number of imide groups is 1. The number of fused-ring (bicyclic) bond motifs is 1. The van der Waals surface area contributed by atoms with Gasteiger partial charge in [0.05, 0.1) is 29.0 Å². The molecule has 2 atom stereocenters. The van der Waals surface area contributed by atoms with Crippen molar-refractivity contribution in [2.45, 2.75) is 31.9 Å². The number of likely N-dealkylation sites (tertiary alicyclic amines) is 1. The van der Waals surface area contributed by atoms with E-state index in [1.807, 2.05) is 0 Å². The number of benzene rings is 2. The predicted molar refractivity (Wildman–Crippen MR) is 122 cm³/mol. The number of ether oxygens (including phenoxy) is 1. The number of amides is 3. The molecule has 8 heteroatoms. The standard InChI is InChI=1S/C25H28FN3O4/c1-3-23(30)29(20-11-7-6-10-19(20)26)21-12-13-27(16-22(21)33-2)14-15-28-24(31)17-8-4-5-9-18(17)25(28)32/h4-11,21-22H,3,12-16H2,1-2H3/t21-,22+/m0/s1. The third-order valence-corrected chi connectivity index (χ3v) is 6.44. The molecule has 0 unspecified atom stereocenters. The maximum absolute atomic E-state index is 14.6. The molecule has 0 N–H and O–H groups in total. The molecule has 2 heterocycles. The van der Waals surface area contributed by atoms with E-state index in [-0.39, 0.29) is 48.5 Å². The first-order valence-electron chi connectivity index (χ1n) is 11.2.